The molecular weight excluding hydrogens is 338 g/mol. The summed E-state index contributed by atoms with van der Waals surface area (Å²) in [5, 5.41) is 0. The molecule has 25 heavy (non-hydrogen) atoms. The highest BCUT2D eigenvalue weighted by Gasteiger charge is 2.39. The second-order valence-electron chi connectivity index (χ2n) is 6.57. The minimum Gasteiger partial charge on any atom is -0.381 e. The molecule has 2 atom stereocenters. The number of nitrogens with zero attached hydrogens (tertiary/aromatic N) is 1. The zero-order valence-corrected chi connectivity index (χ0v) is 17.9. The van der Waals surface area contributed by atoms with Crippen LogP contribution in [0.25, 0.3) is 0 Å². The summed E-state index contributed by atoms with van der Waals surface area (Å²) in [6.45, 7) is 16.8. The maximum atomic E-state index is 5.86. The molecule has 1 aliphatic rings. The van der Waals surface area contributed by atoms with E-state index in [0.717, 1.165) is 51.7 Å². The van der Waals surface area contributed by atoms with E-state index in [1.165, 1.54) is 0 Å². The summed E-state index contributed by atoms with van der Waals surface area (Å²) in [4.78, 5) is 2.47. The SMILES string of the molecule is CCO[Si](CCCOCCCN1CC(C)OC(C)C1)(OCC)OCC. The van der Waals surface area contributed by atoms with E-state index in [9.17, 15) is 0 Å². The Morgan fingerprint density at radius 2 is 1.40 bits per heavy atom. The van der Waals surface area contributed by atoms with Crippen LogP contribution in [0.2, 0.25) is 6.04 Å². The molecule has 0 spiro atoms. The van der Waals surface area contributed by atoms with Crippen LogP contribution in [-0.2, 0) is 22.8 Å². The third kappa shape index (κ3) is 9.47. The molecule has 0 aromatic carbocycles. The molecule has 0 aromatic rings. The van der Waals surface area contributed by atoms with Crippen LogP contribution in [0.1, 0.15) is 47.5 Å². The van der Waals surface area contributed by atoms with Gasteiger partial charge in [0, 0.05) is 58.7 Å². The number of hydrogen-bond donors (Lipinski definition) is 0. The highest BCUT2D eigenvalue weighted by atomic mass is 28.4. The monoisotopic (exact) mass is 377 g/mol. The lowest BCUT2D eigenvalue weighted by Crippen LogP contribution is -2.46. The minimum atomic E-state index is -2.51. The van der Waals surface area contributed by atoms with E-state index in [1.54, 1.807) is 0 Å². The quantitative estimate of drug-likeness (QED) is 0.343. The summed E-state index contributed by atoms with van der Waals surface area (Å²) >= 11 is 0. The predicted molar refractivity (Wildman–Crippen MR) is 102 cm³/mol. The van der Waals surface area contributed by atoms with Gasteiger partial charge in [-0.2, -0.15) is 0 Å². The van der Waals surface area contributed by atoms with Crippen molar-refractivity contribution in [1.29, 1.82) is 0 Å². The van der Waals surface area contributed by atoms with Crippen molar-refractivity contribution in [2.24, 2.45) is 0 Å². The molecular formula is C18H39NO5Si. The lowest BCUT2D eigenvalue weighted by molar-refractivity contribution is -0.0693. The van der Waals surface area contributed by atoms with E-state index in [2.05, 4.69) is 18.7 Å². The molecule has 6 nitrogen and oxygen atoms in total. The van der Waals surface area contributed by atoms with Crippen molar-refractivity contribution in [3.05, 3.63) is 0 Å². The highest BCUT2D eigenvalue weighted by Crippen LogP contribution is 2.18. The fraction of sp³-hybridized carbons (Fsp3) is 1.00. The first-order valence-electron chi connectivity index (χ1n) is 9.92. The van der Waals surface area contributed by atoms with Gasteiger partial charge in [0.05, 0.1) is 12.2 Å². The van der Waals surface area contributed by atoms with Gasteiger partial charge in [-0.25, -0.2) is 0 Å². The normalized spacial score (nSPS) is 22.4. The van der Waals surface area contributed by atoms with Gasteiger partial charge < -0.3 is 22.8 Å². The van der Waals surface area contributed by atoms with Crippen molar-refractivity contribution in [2.45, 2.75) is 65.7 Å². The van der Waals surface area contributed by atoms with Crippen molar-refractivity contribution in [1.82, 2.24) is 4.90 Å². The number of hydrogen-bond acceptors (Lipinski definition) is 6. The Labute approximate surface area is 155 Å². The minimum absolute atomic E-state index is 0.332. The summed E-state index contributed by atoms with van der Waals surface area (Å²) in [5.74, 6) is 0. The van der Waals surface area contributed by atoms with Crippen LogP contribution in [0.3, 0.4) is 0 Å². The lowest BCUT2D eigenvalue weighted by Gasteiger charge is -2.35. The molecule has 2 unspecified atom stereocenters. The average Bonchev–Trinajstić information content (AvgIpc) is 2.54. The third-order valence-corrected chi connectivity index (χ3v) is 7.27. The van der Waals surface area contributed by atoms with E-state index < -0.39 is 8.80 Å². The number of ether oxygens (including phenoxy) is 2. The van der Waals surface area contributed by atoms with Gasteiger partial charge in [0.25, 0.3) is 0 Å². The molecule has 0 bridgehead atoms. The van der Waals surface area contributed by atoms with Gasteiger partial charge in [0.15, 0.2) is 0 Å². The molecule has 1 aliphatic heterocycles. The summed E-state index contributed by atoms with van der Waals surface area (Å²) in [6.07, 6.45) is 2.64. The van der Waals surface area contributed by atoms with Crippen LogP contribution in [0.15, 0.2) is 0 Å². The van der Waals surface area contributed by atoms with Crippen LogP contribution in [-0.4, -0.2) is 78.6 Å². The van der Waals surface area contributed by atoms with Gasteiger partial charge in [-0.1, -0.05) is 0 Å². The molecule has 0 N–H and O–H groups in total. The summed E-state index contributed by atoms with van der Waals surface area (Å²) in [5.41, 5.74) is 0. The lowest BCUT2D eigenvalue weighted by atomic mass is 10.2. The largest absolute Gasteiger partial charge is 0.501 e. The summed E-state index contributed by atoms with van der Waals surface area (Å²) in [6, 6.07) is 0.820. The van der Waals surface area contributed by atoms with Crippen LogP contribution in [0, 0.1) is 0 Å². The zero-order chi connectivity index (χ0) is 18.5. The molecule has 0 radical (unpaired) electrons. The van der Waals surface area contributed by atoms with Crippen LogP contribution >= 0.6 is 0 Å². The van der Waals surface area contributed by atoms with Crippen molar-refractivity contribution in [3.8, 4) is 0 Å². The molecule has 1 rings (SSSR count). The first-order chi connectivity index (χ1) is 12.0. The number of rotatable bonds is 14. The Bertz CT molecular complexity index is 308. The molecule has 0 amide bonds. The van der Waals surface area contributed by atoms with E-state index in [4.69, 9.17) is 22.8 Å². The first-order valence-corrected chi connectivity index (χ1v) is 11.9. The summed E-state index contributed by atoms with van der Waals surface area (Å²) < 4.78 is 29.1. The third-order valence-electron chi connectivity index (χ3n) is 4.12. The van der Waals surface area contributed by atoms with Crippen LogP contribution in [0.5, 0.6) is 0 Å². The number of morpholine rings is 1. The molecule has 0 saturated carbocycles. The molecule has 1 fully saturated rings. The van der Waals surface area contributed by atoms with Gasteiger partial charge in [-0.15, -0.1) is 0 Å². The van der Waals surface area contributed by atoms with Crippen LogP contribution in [0.4, 0.5) is 0 Å². The topological polar surface area (TPSA) is 49.4 Å². The van der Waals surface area contributed by atoms with E-state index in [1.807, 2.05) is 20.8 Å². The van der Waals surface area contributed by atoms with Crippen molar-refractivity contribution < 1.29 is 22.8 Å². The molecule has 1 saturated heterocycles. The van der Waals surface area contributed by atoms with Crippen molar-refractivity contribution in [2.75, 3.05) is 52.7 Å². The average molecular weight is 378 g/mol. The van der Waals surface area contributed by atoms with E-state index >= 15 is 0 Å². The predicted octanol–water partition coefficient (Wildman–Crippen LogP) is 2.94. The van der Waals surface area contributed by atoms with Crippen LogP contribution < -0.4 is 0 Å². The maximum Gasteiger partial charge on any atom is 0.501 e. The Hall–Kier alpha value is -0.0231. The second kappa shape index (κ2) is 13.2. The molecule has 7 heteroatoms. The first kappa shape index (κ1) is 23.0. The van der Waals surface area contributed by atoms with E-state index in [-0.39, 0.29) is 0 Å². The van der Waals surface area contributed by atoms with Crippen molar-refractivity contribution in [3.63, 3.8) is 0 Å². The second-order valence-corrected chi connectivity index (χ2v) is 9.30. The van der Waals surface area contributed by atoms with Gasteiger partial charge in [-0.05, 0) is 47.5 Å². The Morgan fingerprint density at radius 3 is 1.92 bits per heavy atom. The van der Waals surface area contributed by atoms with Gasteiger partial charge in [-0.3, -0.25) is 4.90 Å². The smallest absolute Gasteiger partial charge is 0.381 e. The molecule has 1 heterocycles. The molecule has 0 aliphatic carbocycles. The van der Waals surface area contributed by atoms with Crippen molar-refractivity contribution >= 4 is 8.80 Å². The van der Waals surface area contributed by atoms with Gasteiger partial charge >= 0.3 is 8.80 Å². The Balaban J connectivity index is 2.15. The molecule has 0 aromatic heterocycles. The highest BCUT2D eigenvalue weighted by molar-refractivity contribution is 6.60. The summed E-state index contributed by atoms with van der Waals surface area (Å²) in [7, 11) is -2.51. The zero-order valence-electron chi connectivity index (χ0n) is 16.9. The maximum absolute atomic E-state index is 5.86. The Morgan fingerprint density at radius 1 is 0.880 bits per heavy atom. The molecule has 150 valence electrons. The fourth-order valence-corrected chi connectivity index (χ4v) is 5.93. The van der Waals surface area contributed by atoms with E-state index in [0.29, 0.717) is 32.0 Å². The van der Waals surface area contributed by atoms with Gasteiger partial charge in [0.1, 0.15) is 0 Å². The standard InChI is InChI=1S/C18H39NO5Si/c1-6-21-25(22-7-2,23-8-3)14-10-13-20-12-9-11-19-15-17(4)24-18(5)16-19/h17-18H,6-16H2,1-5H3. The fourth-order valence-electron chi connectivity index (χ4n) is 3.35. The Kier molecular flexibility index (Phi) is 12.1. The van der Waals surface area contributed by atoms with Gasteiger partial charge in [0.2, 0.25) is 0 Å².